The quantitative estimate of drug-likeness (QED) is 0.588. The van der Waals surface area contributed by atoms with Gasteiger partial charge in [-0.15, -0.1) is 5.92 Å². The molecule has 4 atom stereocenters. The number of hydrogen-bond acceptors (Lipinski definition) is 6. The number of nitrogen functional groups attached to an aromatic ring is 1. The van der Waals surface area contributed by atoms with Crippen molar-refractivity contribution in [3.8, 4) is 11.8 Å². The summed E-state index contributed by atoms with van der Waals surface area (Å²) >= 11 is 0. The molecule has 0 spiro atoms. The van der Waals surface area contributed by atoms with E-state index in [4.69, 9.17) is 15.6 Å². The number of nitrogens with zero attached hydrogens (tertiary/aromatic N) is 2. The number of aliphatic hydroxyl groups excluding tert-OH is 2. The van der Waals surface area contributed by atoms with Crippen molar-refractivity contribution in [2.45, 2.75) is 31.0 Å². The summed E-state index contributed by atoms with van der Waals surface area (Å²) in [5, 5.41) is 19.0. The molecule has 4 N–H and O–H groups in total. The fraction of sp³-hybridized carbons (Fsp3) is 0.500. The summed E-state index contributed by atoms with van der Waals surface area (Å²) in [6.07, 6.45) is -3.18. The van der Waals surface area contributed by atoms with Crippen LogP contribution in [-0.4, -0.2) is 44.2 Å². The lowest BCUT2D eigenvalue weighted by Gasteiger charge is -2.23. The topological polar surface area (TPSA) is 111 Å². The second kappa shape index (κ2) is 5.20. The molecule has 0 amide bonds. The van der Waals surface area contributed by atoms with E-state index < -0.39 is 36.4 Å². The van der Waals surface area contributed by atoms with Crippen LogP contribution in [0.2, 0.25) is 0 Å². The van der Waals surface area contributed by atoms with Gasteiger partial charge in [0.25, 0.3) is 0 Å². The summed E-state index contributed by atoms with van der Waals surface area (Å²) < 4.78 is 20.9. The number of halogens is 1. The van der Waals surface area contributed by atoms with E-state index in [-0.39, 0.29) is 5.82 Å². The zero-order valence-corrected chi connectivity index (χ0v) is 10.7. The van der Waals surface area contributed by atoms with Gasteiger partial charge in [-0.05, 0) is 13.0 Å². The molecule has 108 valence electrons. The van der Waals surface area contributed by atoms with Gasteiger partial charge in [0.2, 0.25) is 5.67 Å². The molecule has 0 bridgehead atoms. The maximum atomic E-state index is 14.9. The second-order valence-corrected chi connectivity index (χ2v) is 4.34. The van der Waals surface area contributed by atoms with Crippen molar-refractivity contribution in [3.05, 3.63) is 22.7 Å². The minimum absolute atomic E-state index is 0.0189. The van der Waals surface area contributed by atoms with Crippen LogP contribution in [-0.2, 0) is 4.74 Å². The number of anilines is 1. The van der Waals surface area contributed by atoms with Gasteiger partial charge in [-0.2, -0.15) is 4.98 Å². The molecule has 1 saturated heterocycles. The Hall–Kier alpha value is -1.95. The van der Waals surface area contributed by atoms with Crippen LogP contribution < -0.4 is 11.4 Å². The van der Waals surface area contributed by atoms with Crippen molar-refractivity contribution >= 4 is 5.82 Å². The maximum absolute atomic E-state index is 14.9. The predicted molar refractivity (Wildman–Crippen MR) is 67.2 cm³/mol. The minimum Gasteiger partial charge on any atom is -0.394 e. The molecule has 0 saturated carbocycles. The van der Waals surface area contributed by atoms with E-state index in [1.165, 1.54) is 19.2 Å². The lowest BCUT2D eigenvalue weighted by Crippen LogP contribution is -2.44. The molecule has 0 aliphatic carbocycles. The van der Waals surface area contributed by atoms with Crippen LogP contribution in [0.15, 0.2) is 17.1 Å². The summed E-state index contributed by atoms with van der Waals surface area (Å²) in [5.74, 6) is 4.53. The Morgan fingerprint density at radius 3 is 2.95 bits per heavy atom. The molecule has 1 aliphatic rings. The van der Waals surface area contributed by atoms with Gasteiger partial charge in [-0.25, -0.2) is 9.18 Å². The molecule has 1 aliphatic heterocycles. The molecule has 7 nitrogen and oxygen atoms in total. The zero-order chi connectivity index (χ0) is 14.9. The molecular formula is C12H14FN3O4. The third-order valence-corrected chi connectivity index (χ3v) is 3.05. The zero-order valence-electron chi connectivity index (χ0n) is 10.7. The molecule has 2 rings (SSSR count). The number of aliphatic hydroxyl groups is 2. The standard InChI is InChI=1S/C12H14FN3O4/c1-2-4-12(13)9(18)7(6-17)20-10(12)16-5-3-8(14)15-11(16)19/h3,5,7,9-10,17-18H,6H2,1H3,(H2,14,15,19)/t7-,9?,10-,12-/m1/s1. The van der Waals surface area contributed by atoms with Gasteiger partial charge < -0.3 is 20.7 Å². The number of alkyl halides is 1. The summed E-state index contributed by atoms with van der Waals surface area (Å²) in [5.41, 5.74) is 2.00. The van der Waals surface area contributed by atoms with Crippen LogP contribution in [0.5, 0.6) is 0 Å². The average Bonchev–Trinajstić information content (AvgIpc) is 2.63. The molecular weight excluding hydrogens is 269 g/mol. The first-order valence-electron chi connectivity index (χ1n) is 5.86. The third-order valence-electron chi connectivity index (χ3n) is 3.05. The van der Waals surface area contributed by atoms with E-state index in [1.807, 2.05) is 0 Å². The largest absolute Gasteiger partial charge is 0.394 e. The predicted octanol–water partition coefficient (Wildman–Crippen LogP) is -1.19. The van der Waals surface area contributed by atoms with E-state index >= 15 is 0 Å². The number of hydrogen-bond donors (Lipinski definition) is 3. The molecule has 20 heavy (non-hydrogen) atoms. The van der Waals surface area contributed by atoms with Gasteiger partial charge in [0.15, 0.2) is 6.23 Å². The fourth-order valence-corrected chi connectivity index (χ4v) is 2.10. The lowest BCUT2D eigenvalue weighted by molar-refractivity contribution is -0.0542. The van der Waals surface area contributed by atoms with E-state index in [2.05, 4.69) is 16.8 Å². The molecule has 1 unspecified atom stereocenters. The second-order valence-electron chi connectivity index (χ2n) is 4.34. The number of rotatable bonds is 2. The van der Waals surface area contributed by atoms with Crippen LogP contribution in [0.1, 0.15) is 13.2 Å². The van der Waals surface area contributed by atoms with Crippen LogP contribution in [0.3, 0.4) is 0 Å². The first kappa shape index (κ1) is 14.5. The van der Waals surface area contributed by atoms with Crippen molar-refractivity contribution in [1.82, 2.24) is 9.55 Å². The van der Waals surface area contributed by atoms with E-state index in [0.717, 1.165) is 4.57 Å². The highest BCUT2D eigenvalue weighted by atomic mass is 19.1. The first-order valence-corrected chi connectivity index (χ1v) is 5.86. The number of aromatic nitrogens is 2. The summed E-state index contributed by atoms with van der Waals surface area (Å²) in [6, 6.07) is 1.29. The maximum Gasteiger partial charge on any atom is 0.351 e. The highest BCUT2D eigenvalue weighted by Crippen LogP contribution is 2.40. The van der Waals surface area contributed by atoms with Gasteiger partial charge in [0.05, 0.1) is 6.61 Å². The number of ether oxygens (including phenoxy) is 1. The Labute approximate surface area is 113 Å². The molecule has 0 aromatic carbocycles. The monoisotopic (exact) mass is 283 g/mol. The normalized spacial score (nSPS) is 32.7. The Morgan fingerprint density at radius 2 is 2.40 bits per heavy atom. The number of nitrogens with two attached hydrogens (primary N) is 1. The van der Waals surface area contributed by atoms with Gasteiger partial charge in [-0.1, -0.05) is 5.92 Å². The third kappa shape index (κ3) is 2.16. The minimum atomic E-state index is -2.52. The van der Waals surface area contributed by atoms with Crippen LogP contribution in [0.25, 0.3) is 0 Å². The molecule has 1 fully saturated rings. The molecule has 1 aromatic rings. The Balaban J connectivity index is 2.52. The van der Waals surface area contributed by atoms with Gasteiger partial charge in [-0.3, -0.25) is 4.57 Å². The molecule has 1 aromatic heterocycles. The van der Waals surface area contributed by atoms with Gasteiger partial charge in [0, 0.05) is 6.20 Å². The summed E-state index contributed by atoms with van der Waals surface area (Å²) in [6.45, 7) is 0.785. The fourth-order valence-electron chi connectivity index (χ4n) is 2.10. The van der Waals surface area contributed by atoms with Crippen LogP contribution >= 0.6 is 0 Å². The first-order chi connectivity index (χ1) is 9.43. The van der Waals surface area contributed by atoms with Crippen LogP contribution in [0, 0.1) is 11.8 Å². The molecule has 8 heteroatoms. The molecule has 0 radical (unpaired) electrons. The van der Waals surface area contributed by atoms with Crippen LogP contribution in [0.4, 0.5) is 10.2 Å². The summed E-state index contributed by atoms with van der Waals surface area (Å²) in [7, 11) is 0. The van der Waals surface area contributed by atoms with Crippen molar-refractivity contribution < 1.29 is 19.3 Å². The van der Waals surface area contributed by atoms with Crippen molar-refractivity contribution in [1.29, 1.82) is 0 Å². The van der Waals surface area contributed by atoms with Crippen molar-refractivity contribution in [2.75, 3.05) is 12.3 Å². The van der Waals surface area contributed by atoms with Gasteiger partial charge in [0.1, 0.15) is 18.0 Å². The average molecular weight is 283 g/mol. The highest BCUT2D eigenvalue weighted by molar-refractivity contribution is 5.26. The van der Waals surface area contributed by atoms with Crippen molar-refractivity contribution in [2.24, 2.45) is 0 Å². The van der Waals surface area contributed by atoms with Gasteiger partial charge >= 0.3 is 5.69 Å². The Kier molecular flexibility index (Phi) is 3.76. The Morgan fingerprint density at radius 1 is 1.70 bits per heavy atom. The van der Waals surface area contributed by atoms with E-state index in [0.29, 0.717) is 0 Å². The highest BCUT2D eigenvalue weighted by Gasteiger charge is 2.57. The van der Waals surface area contributed by atoms with E-state index in [9.17, 15) is 14.3 Å². The Bertz CT molecular complexity index is 623. The molecule has 2 heterocycles. The van der Waals surface area contributed by atoms with E-state index in [1.54, 1.807) is 0 Å². The van der Waals surface area contributed by atoms with Crippen molar-refractivity contribution in [3.63, 3.8) is 0 Å². The smallest absolute Gasteiger partial charge is 0.351 e. The SMILES string of the molecule is CC#C[C@@]1(F)C(O)[C@@H](CO)O[C@H]1n1ccc(N)nc1=O. The lowest BCUT2D eigenvalue weighted by atomic mass is 9.96. The summed E-state index contributed by atoms with van der Waals surface area (Å²) in [4.78, 5) is 15.2.